The molecule has 0 unspecified atom stereocenters. The van der Waals surface area contributed by atoms with E-state index in [0.717, 1.165) is 12.8 Å². The van der Waals surface area contributed by atoms with Crippen molar-refractivity contribution in [1.29, 1.82) is 5.26 Å². The van der Waals surface area contributed by atoms with Crippen LogP contribution in [0.1, 0.15) is 25.3 Å². The van der Waals surface area contributed by atoms with Gasteiger partial charge in [0, 0.05) is 12.6 Å². The van der Waals surface area contributed by atoms with Crippen LogP contribution < -0.4 is 10.1 Å². The van der Waals surface area contributed by atoms with E-state index in [0.29, 0.717) is 17.1 Å². The molecular formula is C20H18ClN3O4. The summed E-state index contributed by atoms with van der Waals surface area (Å²) in [6.45, 7) is 2.44. The minimum atomic E-state index is -0.600. The molecule has 2 aromatic rings. The molecule has 1 N–H and O–H groups in total. The molecule has 0 radical (unpaired) electrons. The first-order valence-electron chi connectivity index (χ1n) is 8.57. The van der Waals surface area contributed by atoms with Gasteiger partial charge in [-0.2, -0.15) is 5.26 Å². The number of para-hydroxylation sites is 1. The maximum atomic E-state index is 12.0. The van der Waals surface area contributed by atoms with Crippen LogP contribution >= 0.6 is 11.6 Å². The first-order chi connectivity index (χ1) is 13.5. The Morgan fingerprint density at radius 1 is 1.32 bits per heavy atom. The Kier molecular flexibility index (Phi) is 7.55. The van der Waals surface area contributed by atoms with E-state index in [1.165, 1.54) is 24.3 Å². The highest BCUT2D eigenvalue weighted by atomic mass is 35.5. The SMILES string of the molecule is CCCCNC(=O)/C(C#N)=C/c1ccc(Oc2ccccc2Cl)c([N+](=O)[O-])c1. The van der Waals surface area contributed by atoms with Crippen molar-refractivity contribution >= 4 is 29.3 Å². The molecule has 0 atom stereocenters. The quantitative estimate of drug-likeness (QED) is 0.224. The molecule has 1 amide bonds. The first-order valence-corrected chi connectivity index (χ1v) is 8.95. The van der Waals surface area contributed by atoms with Crippen molar-refractivity contribution in [3.8, 4) is 17.6 Å². The number of nitro groups is 1. The maximum absolute atomic E-state index is 12.0. The Morgan fingerprint density at radius 2 is 2.07 bits per heavy atom. The average Bonchev–Trinajstić information content (AvgIpc) is 2.68. The minimum absolute atomic E-state index is 0.00107. The van der Waals surface area contributed by atoms with E-state index in [2.05, 4.69) is 5.32 Å². The molecule has 0 saturated heterocycles. The molecule has 2 rings (SSSR count). The topological polar surface area (TPSA) is 105 Å². The highest BCUT2D eigenvalue weighted by Crippen LogP contribution is 2.35. The van der Waals surface area contributed by atoms with Crippen LogP contribution in [0.3, 0.4) is 0 Å². The van der Waals surface area contributed by atoms with Gasteiger partial charge in [-0.15, -0.1) is 0 Å². The van der Waals surface area contributed by atoms with E-state index in [4.69, 9.17) is 16.3 Å². The molecule has 144 valence electrons. The van der Waals surface area contributed by atoms with Gasteiger partial charge < -0.3 is 10.1 Å². The summed E-state index contributed by atoms with van der Waals surface area (Å²) in [5.41, 5.74) is -0.108. The summed E-state index contributed by atoms with van der Waals surface area (Å²) in [4.78, 5) is 22.9. The van der Waals surface area contributed by atoms with Gasteiger partial charge in [0.1, 0.15) is 17.4 Å². The van der Waals surface area contributed by atoms with Gasteiger partial charge in [-0.05, 0) is 36.3 Å². The predicted molar refractivity (Wildman–Crippen MR) is 106 cm³/mol. The number of benzene rings is 2. The summed E-state index contributed by atoms with van der Waals surface area (Å²) >= 11 is 6.03. The molecule has 8 heteroatoms. The third-order valence-corrected chi connectivity index (χ3v) is 4.04. The number of nitro benzene ring substituents is 1. The molecule has 0 aliphatic rings. The second-order valence-electron chi connectivity index (χ2n) is 5.80. The second-order valence-corrected chi connectivity index (χ2v) is 6.20. The van der Waals surface area contributed by atoms with Crippen molar-refractivity contribution < 1.29 is 14.5 Å². The Hall–Kier alpha value is -3.37. The predicted octanol–water partition coefficient (Wildman–Crippen LogP) is 4.86. The largest absolute Gasteiger partial charge is 0.449 e. The number of rotatable bonds is 8. The van der Waals surface area contributed by atoms with Crippen molar-refractivity contribution in [2.45, 2.75) is 19.8 Å². The summed E-state index contributed by atoms with van der Waals surface area (Å²) in [6.07, 6.45) is 3.00. The molecule has 7 nitrogen and oxygen atoms in total. The van der Waals surface area contributed by atoms with Gasteiger partial charge in [0.05, 0.1) is 9.95 Å². The van der Waals surface area contributed by atoms with Crippen molar-refractivity contribution in [3.63, 3.8) is 0 Å². The fourth-order valence-corrected chi connectivity index (χ4v) is 2.46. The number of unbranched alkanes of at least 4 members (excludes halogenated alkanes) is 1. The van der Waals surface area contributed by atoms with E-state index in [1.807, 2.05) is 13.0 Å². The van der Waals surface area contributed by atoms with Gasteiger partial charge in [-0.3, -0.25) is 14.9 Å². The molecule has 0 saturated carbocycles. The van der Waals surface area contributed by atoms with Gasteiger partial charge in [-0.25, -0.2) is 0 Å². The van der Waals surface area contributed by atoms with Gasteiger partial charge in [0.25, 0.3) is 5.91 Å². The number of nitrogens with zero attached hydrogens (tertiary/aromatic N) is 2. The van der Waals surface area contributed by atoms with Crippen LogP contribution in [-0.2, 0) is 4.79 Å². The summed E-state index contributed by atoms with van der Waals surface area (Å²) in [5, 5.41) is 23.6. The fourth-order valence-electron chi connectivity index (χ4n) is 2.29. The molecule has 2 aromatic carbocycles. The van der Waals surface area contributed by atoms with E-state index < -0.39 is 10.8 Å². The number of hydrogen-bond acceptors (Lipinski definition) is 5. The number of ether oxygens (including phenoxy) is 1. The maximum Gasteiger partial charge on any atom is 0.312 e. The van der Waals surface area contributed by atoms with Crippen molar-refractivity contribution in [2.24, 2.45) is 0 Å². The summed E-state index contributed by atoms with van der Waals surface area (Å²) in [7, 11) is 0. The van der Waals surface area contributed by atoms with E-state index in [-0.39, 0.29) is 22.8 Å². The van der Waals surface area contributed by atoms with Crippen LogP contribution in [0.2, 0.25) is 5.02 Å². The molecule has 0 aliphatic heterocycles. The van der Waals surface area contributed by atoms with Crippen molar-refractivity contribution in [3.05, 3.63) is 68.7 Å². The summed E-state index contributed by atoms with van der Waals surface area (Å²) < 4.78 is 5.56. The molecule has 0 spiro atoms. The standard InChI is InChI=1S/C20H18ClN3O4/c1-2-3-10-23-20(25)15(13-22)11-14-8-9-19(17(12-14)24(26)27)28-18-7-5-4-6-16(18)21/h4-9,11-12H,2-3,10H2,1H3,(H,23,25)/b15-11+. The van der Waals surface area contributed by atoms with Gasteiger partial charge in [0.2, 0.25) is 5.75 Å². The molecule has 28 heavy (non-hydrogen) atoms. The Balaban J connectivity index is 2.31. The zero-order chi connectivity index (χ0) is 20.5. The molecular weight excluding hydrogens is 382 g/mol. The first kappa shape index (κ1) is 20.9. The van der Waals surface area contributed by atoms with Crippen LogP contribution in [0.25, 0.3) is 6.08 Å². The molecule has 0 aromatic heterocycles. The third-order valence-electron chi connectivity index (χ3n) is 3.73. The number of carbonyl (C=O) groups is 1. The van der Waals surface area contributed by atoms with Crippen molar-refractivity contribution in [1.82, 2.24) is 5.32 Å². The number of halogens is 1. The van der Waals surface area contributed by atoms with Crippen LogP contribution in [0.4, 0.5) is 5.69 Å². The molecule has 0 aliphatic carbocycles. The third kappa shape index (κ3) is 5.56. The minimum Gasteiger partial charge on any atom is -0.449 e. The van der Waals surface area contributed by atoms with Crippen LogP contribution in [0.5, 0.6) is 11.5 Å². The number of hydrogen-bond donors (Lipinski definition) is 1. The lowest BCUT2D eigenvalue weighted by Gasteiger charge is -2.08. The van der Waals surface area contributed by atoms with Gasteiger partial charge in [0.15, 0.2) is 0 Å². The van der Waals surface area contributed by atoms with E-state index in [9.17, 15) is 20.2 Å². The lowest BCUT2D eigenvalue weighted by atomic mass is 10.1. The normalized spacial score (nSPS) is 10.8. The Morgan fingerprint density at radius 3 is 2.71 bits per heavy atom. The lowest BCUT2D eigenvalue weighted by molar-refractivity contribution is -0.385. The van der Waals surface area contributed by atoms with Gasteiger partial charge in [-0.1, -0.05) is 43.1 Å². The zero-order valence-electron chi connectivity index (χ0n) is 15.1. The molecule has 0 fully saturated rings. The summed E-state index contributed by atoms with van der Waals surface area (Å²) in [6, 6.07) is 12.6. The number of amides is 1. The highest BCUT2D eigenvalue weighted by molar-refractivity contribution is 6.32. The van der Waals surface area contributed by atoms with Crippen LogP contribution in [0, 0.1) is 21.4 Å². The Bertz CT molecular complexity index is 951. The van der Waals surface area contributed by atoms with Crippen molar-refractivity contribution in [2.75, 3.05) is 6.54 Å². The van der Waals surface area contributed by atoms with Gasteiger partial charge >= 0.3 is 5.69 Å². The number of nitrogens with one attached hydrogen (secondary N) is 1. The average molecular weight is 400 g/mol. The molecule has 0 bridgehead atoms. The monoisotopic (exact) mass is 399 g/mol. The summed E-state index contributed by atoms with van der Waals surface area (Å²) in [5.74, 6) is -0.236. The Labute approximate surface area is 167 Å². The van der Waals surface area contributed by atoms with E-state index >= 15 is 0 Å². The number of nitriles is 1. The fraction of sp³-hybridized carbons (Fsp3) is 0.200. The lowest BCUT2D eigenvalue weighted by Crippen LogP contribution is -2.25. The second kappa shape index (κ2) is 10.1. The highest BCUT2D eigenvalue weighted by Gasteiger charge is 2.18. The smallest absolute Gasteiger partial charge is 0.312 e. The zero-order valence-corrected chi connectivity index (χ0v) is 15.9. The molecule has 0 heterocycles. The van der Waals surface area contributed by atoms with Crippen LogP contribution in [-0.4, -0.2) is 17.4 Å². The van der Waals surface area contributed by atoms with Crippen LogP contribution in [0.15, 0.2) is 48.0 Å². The van der Waals surface area contributed by atoms with E-state index in [1.54, 1.807) is 24.3 Å². The number of carbonyl (C=O) groups excluding carboxylic acids is 1.